The molecule has 27 heavy (non-hydrogen) atoms. The van der Waals surface area contributed by atoms with E-state index in [2.05, 4.69) is 25.7 Å². The van der Waals surface area contributed by atoms with Crippen molar-refractivity contribution in [3.8, 4) is 0 Å². The van der Waals surface area contributed by atoms with Crippen LogP contribution in [0.3, 0.4) is 0 Å². The molecule has 1 rings (SSSR count). The summed E-state index contributed by atoms with van der Waals surface area (Å²) < 4.78 is 5.05. The van der Waals surface area contributed by atoms with Crippen molar-refractivity contribution < 1.29 is 14.3 Å². The van der Waals surface area contributed by atoms with Crippen LogP contribution < -0.4 is 0 Å². The Bertz CT molecular complexity index is 416. The summed E-state index contributed by atoms with van der Waals surface area (Å²) in [6.45, 7) is 12.8. The van der Waals surface area contributed by atoms with Crippen molar-refractivity contribution in [2.24, 2.45) is 11.8 Å². The van der Waals surface area contributed by atoms with Crippen LogP contribution in [0.25, 0.3) is 0 Å². The molecule has 0 aromatic rings. The maximum Gasteiger partial charge on any atom is 0.307 e. The molecule has 0 aromatic heterocycles. The Morgan fingerprint density at radius 2 is 1.59 bits per heavy atom. The molecule has 5 nitrogen and oxygen atoms in total. The maximum atomic E-state index is 13.1. The highest BCUT2D eigenvalue weighted by atomic mass is 16.5. The van der Waals surface area contributed by atoms with Crippen molar-refractivity contribution >= 4 is 11.9 Å². The highest BCUT2D eigenvalue weighted by Crippen LogP contribution is 2.33. The molecule has 0 radical (unpaired) electrons. The van der Waals surface area contributed by atoms with Crippen molar-refractivity contribution in [1.29, 1.82) is 0 Å². The van der Waals surface area contributed by atoms with E-state index in [0.717, 1.165) is 38.4 Å². The van der Waals surface area contributed by atoms with Crippen LogP contribution in [-0.2, 0) is 14.3 Å². The van der Waals surface area contributed by atoms with Gasteiger partial charge in [0.2, 0.25) is 5.91 Å². The van der Waals surface area contributed by atoms with Crippen molar-refractivity contribution in [2.75, 3.05) is 39.3 Å². The van der Waals surface area contributed by atoms with Gasteiger partial charge in [0, 0.05) is 25.6 Å². The molecule has 1 aliphatic carbocycles. The van der Waals surface area contributed by atoms with Gasteiger partial charge in [-0.1, -0.05) is 40.0 Å². The van der Waals surface area contributed by atoms with E-state index in [9.17, 15) is 9.59 Å². The van der Waals surface area contributed by atoms with Gasteiger partial charge in [-0.2, -0.15) is 0 Å². The van der Waals surface area contributed by atoms with Gasteiger partial charge < -0.3 is 14.5 Å². The molecule has 1 amide bonds. The van der Waals surface area contributed by atoms with Crippen LogP contribution in [0, 0.1) is 11.8 Å². The number of nitrogens with zero attached hydrogens (tertiary/aromatic N) is 2. The summed E-state index contributed by atoms with van der Waals surface area (Å²) in [6.07, 6.45) is 8.54. The zero-order valence-corrected chi connectivity index (χ0v) is 18.2. The Labute approximate surface area is 166 Å². The van der Waals surface area contributed by atoms with Crippen LogP contribution in [0.2, 0.25) is 0 Å². The minimum atomic E-state index is -0.207. The first-order valence-corrected chi connectivity index (χ1v) is 11.2. The highest BCUT2D eigenvalue weighted by Gasteiger charge is 2.29. The number of amides is 1. The van der Waals surface area contributed by atoms with Gasteiger partial charge in [-0.15, -0.1) is 0 Å². The van der Waals surface area contributed by atoms with Crippen LogP contribution in [-0.4, -0.2) is 61.0 Å². The number of ether oxygens (including phenoxy) is 1. The Morgan fingerprint density at radius 1 is 0.926 bits per heavy atom. The average molecular weight is 383 g/mol. The van der Waals surface area contributed by atoms with Gasteiger partial charge in [-0.3, -0.25) is 9.59 Å². The minimum absolute atomic E-state index is 0.141. The van der Waals surface area contributed by atoms with Gasteiger partial charge in [-0.25, -0.2) is 0 Å². The van der Waals surface area contributed by atoms with E-state index in [0.29, 0.717) is 26.1 Å². The van der Waals surface area contributed by atoms with Crippen LogP contribution in [0.1, 0.15) is 79.1 Å². The zero-order chi connectivity index (χ0) is 20.1. The third-order valence-corrected chi connectivity index (χ3v) is 5.95. The fourth-order valence-electron chi connectivity index (χ4n) is 4.04. The molecule has 1 saturated carbocycles. The average Bonchev–Trinajstić information content (AvgIpc) is 2.69. The summed E-state index contributed by atoms with van der Waals surface area (Å²) in [5.74, 6) is 0.987. The number of likely N-dealkylation sites (N-methyl/N-ethyl adjacent to an activating group) is 1. The number of carbonyl (C=O) groups excluding carboxylic acids is 2. The summed E-state index contributed by atoms with van der Waals surface area (Å²) in [5.41, 5.74) is 0. The normalized spacial score (nSPS) is 19.9. The largest absolute Gasteiger partial charge is 0.466 e. The number of hydrogen-bond donors (Lipinski definition) is 0. The van der Waals surface area contributed by atoms with Crippen molar-refractivity contribution in [3.63, 3.8) is 0 Å². The fraction of sp³-hybridized carbons (Fsp3) is 0.909. The van der Waals surface area contributed by atoms with E-state index in [1.54, 1.807) is 0 Å². The van der Waals surface area contributed by atoms with Crippen LogP contribution in [0.5, 0.6) is 0 Å². The van der Waals surface area contributed by atoms with E-state index in [-0.39, 0.29) is 17.8 Å². The number of hydrogen-bond acceptors (Lipinski definition) is 4. The second kappa shape index (κ2) is 14.0. The topological polar surface area (TPSA) is 49.9 Å². The lowest BCUT2D eigenvalue weighted by atomic mass is 9.79. The van der Waals surface area contributed by atoms with Gasteiger partial charge in [0.05, 0.1) is 13.0 Å². The van der Waals surface area contributed by atoms with Gasteiger partial charge in [0.1, 0.15) is 0 Å². The van der Waals surface area contributed by atoms with E-state index < -0.39 is 0 Å². The molecule has 5 heteroatoms. The molecule has 0 aliphatic heterocycles. The molecule has 0 aromatic carbocycles. The quantitative estimate of drug-likeness (QED) is 0.450. The third-order valence-electron chi connectivity index (χ3n) is 5.95. The first-order chi connectivity index (χ1) is 13.0. The number of rotatable bonds is 13. The summed E-state index contributed by atoms with van der Waals surface area (Å²) in [5, 5.41) is 0. The van der Waals surface area contributed by atoms with Gasteiger partial charge >= 0.3 is 5.97 Å². The second-order valence-electron chi connectivity index (χ2n) is 7.77. The smallest absolute Gasteiger partial charge is 0.307 e. The van der Waals surface area contributed by atoms with Crippen LogP contribution >= 0.6 is 0 Å². The molecule has 0 unspecified atom stereocenters. The number of carbonyl (C=O) groups is 2. The van der Waals surface area contributed by atoms with Gasteiger partial charge in [0.15, 0.2) is 0 Å². The molecular formula is C22H42N2O3. The summed E-state index contributed by atoms with van der Waals surface area (Å²) >= 11 is 0. The molecule has 1 aliphatic rings. The Hall–Kier alpha value is -1.10. The molecule has 158 valence electrons. The monoisotopic (exact) mass is 382 g/mol. The number of esters is 1. The van der Waals surface area contributed by atoms with E-state index >= 15 is 0 Å². The van der Waals surface area contributed by atoms with Gasteiger partial charge in [0.25, 0.3) is 0 Å². The van der Waals surface area contributed by atoms with E-state index in [1.807, 2.05) is 11.8 Å². The predicted molar refractivity (Wildman–Crippen MR) is 111 cm³/mol. The van der Waals surface area contributed by atoms with E-state index in [4.69, 9.17) is 4.74 Å². The van der Waals surface area contributed by atoms with Crippen molar-refractivity contribution in [1.82, 2.24) is 9.80 Å². The van der Waals surface area contributed by atoms with Crippen molar-refractivity contribution in [2.45, 2.75) is 79.1 Å². The lowest BCUT2D eigenvalue weighted by Crippen LogP contribution is -2.43. The highest BCUT2D eigenvalue weighted by molar-refractivity contribution is 5.79. The van der Waals surface area contributed by atoms with Crippen LogP contribution in [0.15, 0.2) is 0 Å². The summed E-state index contributed by atoms with van der Waals surface area (Å²) in [4.78, 5) is 29.2. The van der Waals surface area contributed by atoms with Crippen molar-refractivity contribution in [3.05, 3.63) is 0 Å². The lowest BCUT2D eigenvalue weighted by Gasteiger charge is -2.33. The SMILES string of the molecule is CCCCC1CCC(C(=O)N(CCC(=O)OCC)CCN(CC)CC)CC1. The summed E-state index contributed by atoms with van der Waals surface area (Å²) in [7, 11) is 0. The third kappa shape index (κ3) is 9.09. The van der Waals surface area contributed by atoms with Crippen LogP contribution in [0.4, 0.5) is 0 Å². The summed E-state index contributed by atoms with van der Waals surface area (Å²) in [6, 6.07) is 0. The predicted octanol–water partition coefficient (Wildman–Crippen LogP) is 4.11. The standard InChI is InChI=1S/C22H42N2O3/c1-5-9-10-19-11-13-20(14-12-19)22(26)24(16-15-21(25)27-8-4)18-17-23(6-2)7-3/h19-20H,5-18H2,1-4H3. The fourth-order valence-corrected chi connectivity index (χ4v) is 4.04. The Morgan fingerprint density at radius 3 is 2.15 bits per heavy atom. The molecular weight excluding hydrogens is 340 g/mol. The molecule has 0 heterocycles. The lowest BCUT2D eigenvalue weighted by molar-refractivity contribution is -0.144. The molecule has 0 spiro atoms. The Balaban J connectivity index is 2.58. The first kappa shape index (κ1) is 23.9. The van der Waals surface area contributed by atoms with E-state index in [1.165, 1.54) is 32.1 Å². The molecule has 1 fully saturated rings. The number of unbranched alkanes of at least 4 members (excludes halogenated alkanes) is 1. The molecule has 0 bridgehead atoms. The molecule has 0 N–H and O–H groups in total. The minimum Gasteiger partial charge on any atom is -0.466 e. The zero-order valence-electron chi connectivity index (χ0n) is 18.2. The molecule has 0 saturated heterocycles. The van der Waals surface area contributed by atoms with Gasteiger partial charge in [-0.05, 0) is 51.6 Å². The molecule has 0 atom stereocenters. The Kier molecular flexibility index (Phi) is 12.4. The maximum absolute atomic E-state index is 13.1. The first-order valence-electron chi connectivity index (χ1n) is 11.2. The second-order valence-corrected chi connectivity index (χ2v) is 7.77.